The largest absolute Gasteiger partial charge is 0.394 e. The van der Waals surface area contributed by atoms with Crippen LogP contribution in [0.3, 0.4) is 0 Å². The minimum atomic E-state index is -0.746. The molecule has 2 rings (SSSR count). The first-order chi connectivity index (χ1) is 11.0. The SMILES string of the molecule is CCCn1nccc1NC(=O)N[C@H](CO)c1ccc(Cl)c(F)c1. The third kappa shape index (κ3) is 4.43. The molecular weight excluding hydrogens is 323 g/mol. The predicted octanol–water partition coefficient (Wildman–Crippen LogP) is 2.94. The van der Waals surface area contributed by atoms with Gasteiger partial charge in [-0.1, -0.05) is 24.6 Å². The smallest absolute Gasteiger partial charge is 0.320 e. The molecule has 6 nitrogen and oxygen atoms in total. The zero-order chi connectivity index (χ0) is 16.8. The number of amides is 2. The first-order valence-corrected chi connectivity index (χ1v) is 7.58. The Kier molecular flexibility index (Phi) is 5.95. The fraction of sp³-hybridized carbons (Fsp3) is 0.333. The summed E-state index contributed by atoms with van der Waals surface area (Å²) in [7, 11) is 0. The molecule has 0 aliphatic heterocycles. The van der Waals surface area contributed by atoms with Crippen LogP contribution in [-0.2, 0) is 6.54 Å². The molecule has 8 heteroatoms. The van der Waals surface area contributed by atoms with Gasteiger partial charge in [0.05, 0.1) is 23.9 Å². The maximum atomic E-state index is 13.5. The van der Waals surface area contributed by atoms with Crippen LogP contribution < -0.4 is 10.6 Å². The molecule has 23 heavy (non-hydrogen) atoms. The first-order valence-electron chi connectivity index (χ1n) is 7.20. The van der Waals surface area contributed by atoms with E-state index >= 15 is 0 Å². The van der Waals surface area contributed by atoms with Crippen LogP contribution in [0.25, 0.3) is 0 Å². The second-order valence-electron chi connectivity index (χ2n) is 4.95. The van der Waals surface area contributed by atoms with Crippen LogP contribution in [0.5, 0.6) is 0 Å². The summed E-state index contributed by atoms with van der Waals surface area (Å²) in [4.78, 5) is 12.1. The van der Waals surface area contributed by atoms with Crippen molar-refractivity contribution in [2.24, 2.45) is 0 Å². The lowest BCUT2D eigenvalue weighted by atomic mass is 10.1. The summed E-state index contributed by atoms with van der Waals surface area (Å²) in [5.74, 6) is -0.0610. The monoisotopic (exact) mass is 340 g/mol. The van der Waals surface area contributed by atoms with Gasteiger partial charge in [0.15, 0.2) is 0 Å². The van der Waals surface area contributed by atoms with E-state index < -0.39 is 17.9 Å². The molecule has 2 amide bonds. The van der Waals surface area contributed by atoms with Gasteiger partial charge < -0.3 is 10.4 Å². The van der Waals surface area contributed by atoms with E-state index in [9.17, 15) is 14.3 Å². The fourth-order valence-electron chi connectivity index (χ4n) is 2.10. The van der Waals surface area contributed by atoms with Gasteiger partial charge in [-0.05, 0) is 24.1 Å². The lowest BCUT2D eigenvalue weighted by Gasteiger charge is -2.18. The van der Waals surface area contributed by atoms with E-state index in [0.29, 0.717) is 17.9 Å². The number of aliphatic hydroxyl groups is 1. The number of carbonyl (C=O) groups is 1. The highest BCUT2D eigenvalue weighted by Crippen LogP contribution is 2.20. The van der Waals surface area contributed by atoms with Gasteiger partial charge in [-0.2, -0.15) is 5.10 Å². The first kappa shape index (κ1) is 17.2. The van der Waals surface area contributed by atoms with Crippen LogP contribution in [-0.4, -0.2) is 27.5 Å². The number of nitrogens with zero attached hydrogens (tertiary/aromatic N) is 2. The number of hydrogen-bond acceptors (Lipinski definition) is 3. The number of benzene rings is 1. The minimum absolute atomic E-state index is 0.0154. The molecule has 0 aliphatic carbocycles. The average molecular weight is 341 g/mol. The van der Waals surface area contributed by atoms with Crippen molar-refractivity contribution in [1.29, 1.82) is 0 Å². The van der Waals surface area contributed by atoms with Crippen molar-refractivity contribution in [3.8, 4) is 0 Å². The highest BCUT2D eigenvalue weighted by Gasteiger charge is 2.16. The summed E-state index contributed by atoms with van der Waals surface area (Å²) in [6.07, 6.45) is 2.46. The van der Waals surface area contributed by atoms with Gasteiger partial charge in [0, 0.05) is 12.6 Å². The second-order valence-corrected chi connectivity index (χ2v) is 5.35. The van der Waals surface area contributed by atoms with Gasteiger partial charge in [0.25, 0.3) is 0 Å². The van der Waals surface area contributed by atoms with Crippen LogP contribution in [0.2, 0.25) is 5.02 Å². The summed E-state index contributed by atoms with van der Waals surface area (Å²) in [6, 6.07) is 4.52. The van der Waals surface area contributed by atoms with Gasteiger partial charge in [0.2, 0.25) is 0 Å². The van der Waals surface area contributed by atoms with E-state index in [4.69, 9.17) is 11.6 Å². The van der Waals surface area contributed by atoms with E-state index in [1.54, 1.807) is 23.0 Å². The van der Waals surface area contributed by atoms with Crippen LogP contribution >= 0.6 is 11.6 Å². The van der Waals surface area contributed by atoms with Crippen molar-refractivity contribution in [2.75, 3.05) is 11.9 Å². The summed E-state index contributed by atoms with van der Waals surface area (Å²) in [6.45, 7) is 2.31. The Hall–Kier alpha value is -2.12. The highest BCUT2D eigenvalue weighted by atomic mass is 35.5. The Morgan fingerprint density at radius 2 is 2.26 bits per heavy atom. The Bertz CT molecular complexity index is 677. The second kappa shape index (κ2) is 7.94. The van der Waals surface area contributed by atoms with Crippen molar-refractivity contribution >= 4 is 23.4 Å². The summed E-state index contributed by atoms with van der Waals surface area (Å²) in [5.41, 5.74) is 0.423. The summed E-state index contributed by atoms with van der Waals surface area (Å²) in [5, 5.41) is 18.8. The number of rotatable bonds is 6. The van der Waals surface area contributed by atoms with E-state index in [0.717, 1.165) is 6.42 Å². The van der Waals surface area contributed by atoms with E-state index in [2.05, 4.69) is 15.7 Å². The van der Waals surface area contributed by atoms with Crippen LogP contribution in [0.4, 0.5) is 15.0 Å². The molecule has 2 aromatic rings. The molecule has 1 aromatic heterocycles. The van der Waals surface area contributed by atoms with Gasteiger partial charge in [-0.3, -0.25) is 5.32 Å². The molecule has 0 bridgehead atoms. The number of aryl methyl sites for hydroxylation is 1. The molecule has 1 atom stereocenters. The van der Waals surface area contributed by atoms with Gasteiger partial charge in [0.1, 0.15) is 11.6 Å². The predicted molar refractivity (Wildman–Crippen MR) is 85.9 cm³/mol. The number of hydrogen-bond donors (Lipinski definition) is 3. The van der Waals surface area contributed by atoms with Crippen LogP contribution in [0.15, 0.2) is 30.5 Å². The normalized spacial score (nSPS) is 12.0. The molecule has 1 aromatic carbocycles. The standard InChI is InChI=1S/C15H18ClFN4O2/c1-2-7-21-14(5-6-18-21)20-15(23)19-13(9-22)10-3-4-11(16)12(17)8-10/h3-6,8,13,22H,2,7,9H2,1H3,(H2,19,20,23)/t13-/m1/s1. The average Bonchev–Trinajstić information content (AvgIpc) is 2.95. The molecule has 3 N–H and O–H groups in total. The minimum Gasteiger partial charge on any atom is -0.394 e. The summed E-state index contributed by atoms with van der Waals surface area (Å²) >= 11 is 5.63. The third-order valence-electron chi connectivity index (χ3n) is 3.23. The van der Waals surface area contributed by atoms with Crippen molar-refractivity contribution in [3.63, 3.8) is 0 Å². The lowest BCUT2D eigenvalue weighted by molar-refractivity contribution is 0.225. The van der Waals surface area contributed by atoms with Crippen molar-refractivity contribution in [3.05, 3.63) is 46.9 Å². The number of anilines is 1. The van der Waals surface area contributed by atoms with Gasteiger partial charge in [-0.25, -0.2) is 13.9 Å². The van der Waals surface area contributed by atoms with E-state index in [-0.39, 0.29) is 11.6 Å². The summed E-state index contributed by atoms with van der Waals surface area (Å²) < 4.78 is 15.2. The van der Waals surface area contributed by atoms with Crippen LogP contribution in [0.1, 0.15) is 24.9 Å². The highest BCUT2D eigenvalue weighted by molar-refractivity contribution is 6.30. The number of urea groups is 1. The maximum Gasteiger partial charge on any atom is 0.320 e. The number of halogens is 2. The zero-order valence-electron chi connectivity index (χ0n) is 12.6. The Labute approximate surface area is 138 Å². The number of aromatic nitrogens is 2. The zero-order valence-corrected chi connectivity index (χ0v) is 13.3. The molecule has 0 radical (unpaired) electrons. The van der Waals surface area contributed by atoms with Crippen molar-refractivity contribution in [1.82, 2.24) is 15.1 Å². The molecule has 0 aliphatic rings. The van der Waals surface area contributed by atoms with Crippen molar-refractivity contribution in [2.45, 2.75) is 25.9 Å². The molecule has 0 saturated heterocycles. The van der Waals surface area contributed by atoms with Crippen molar-refractivity contribution < 1.29 is 14.3 Å². The molecule has 0 unspecified atom stereocenters. The Balaban J connectivity index is 2.04. The Morgan fingerprint density at radius 3 is 2.91 bits per heavy atom. The lowest BCUT2D eigenvalue weighted by Crippen LogP contribution is -2.35. The van der Waals surface area contributed by atoms with Crippen LogP contribution in [0, 0.1) is 5.82 Å². The van der Waals surface area contributed by atoms with Gasteiger partial charge >= 0.3 is 6.03 Å². The number of aliphatic hydroxyl groups excluding tert-OH is 1. The number of nitrogens with one attached hydrogen (secondary N) is 2. The molecule has 124 valence electrons. The van der Waals surface area contributed by atoms with E-state index in [1.807, 2.05) is 6.92 Å². The molecule has 1 heterocycles. The molecular formula is C15H18ClFN4O2. The molecule has 0 spiro atoms. The number of carbonyl (C=O) groups excluding carboxylic acids is 1. The van der Waals surface area contributed by atoms with E-state index in [1.165, 1.54) is 12.1 Å². The quantitative estimate of drug-likeness (QED) is 0.756. The molecule has 0 fully saturated rings. The third-order valence-corrected chi connectivity index (χ3v) is 3.53. The fourth-order valence-corrected chi connectivity index (χ4v) is 2.22. The Morgan fingerprint density at radius 1 is 1.48 bits per heavy atom. The van der Waals surface area contributed by atoms with Gasteiger partial charge in [-0.15, -0.1) is 0 Å². The molecule has 0 saturated carbocycles. The maximum absolute atomic E-state index is 13.5. The topological polar surface area (TPSA) is 79.2 Å².